The molecule has 1 aliphatic rings. The number of hydrogen-bond donors (Lipinski definition) is 1. The van der Waals surface area contributed by atoms with Crippen LogP contribution in [0.15, 0.2) is 18.2 Å². The molecule has 0 amide bonds. The minimum atomic E-state index is -4.20. The van der Waals surface area contributed by atoms with E-state index in [1.54, 1.807) is 0 Å². The van der Waals surface area contributed by atoms with Gasteiger partial charge in [-0.2, -0.15) is 17.6 Å². The average Bonchev–Trinajstić information content (AvgIpc) is 2.44. The van der Waals surface area contributed by atoms with Gasteiger partial charge in [-0.1, -0.05) is 6.07 Å². The summed E-state index contributed by atoms with van der Waals surface area (Å²) in [5, 5.41) is 13.7. The van der Waals surface area contributed by atoms with Crippen molar-refractivity contribution in [1.82, 2.24) is 4.90 Å². The first-order valence-electron chi connectivity index (χ1n) is 7.22. The van der Waals surface area contributed by atoms with Crippen LogP contribution >= 0.6 is 0 Å². The lowest BCUT2D eigenvalue weighted by Crippen LogP contribution is -2.41. The predicted octanol–water partition coefficient (Wildman–Crippen LogP) is 3.42. The van der Waals surface area contributed by atoms with Crippen LogP contribution in [-0.2, 0) is 0 Å². The van der Waals surface area contributed by atoms with Crippen molar-refractivity contribution in [3.8, 4) is 0 Å². The summed E-state index contributed by atoms with van der Waals surface area (Å²) >= 11 is 0. The number of nitro benzene ring substituents is 1. The molecule has 0 aliphatic carbocycles. The van der Waals surface area contributed by atoms with Gasteiger partial charge < -0.3 is 5.32 Å². The van der Waals surface area contributed by atoms with Crippen LogP contribution in [0, 0.1) is 21.8 Å². The highest BCUT2D eigenvalue weighted by Crippen LogP contribution is 2.28. The number of alkyl halides is 3. The van der Waals surface area contributed by atoms with E-state index in [0.717, 1.165) is 6.07 Å². The van der Waals surface area contributed by atoms with Crippen LogP contribution in [0.1, 0.15) is 12.8 Å². The number of rotatable bonds is 5. The number of para-hydroxylation sites is 1. The molecule has 5 nitrogen and oxygen atoms in total. The molecular weight excluding hydrogens is 318 g/mol. The third-order valence-electron chi connectivity index (χ3n) is 3.86. The number of benzene rings is 1. The molecule has 1 aromatic rings. The Balaban J connectivity index is 1.87. The molecule has 0 unspecified atom stereocenters. The van der Waals surface area contributed by atoms with Gasteiger partial charge in [-0.3, -0.25) is 15.0 Å². The molecule has 0 atom stereocenters. The molecule has 128 valence electrons. The number of anilines is 1. The smallest absolute Gasteiger partial charge is 0.379 e. The highest BCUT2D eigenvalue weighted by atomic mass is 19.4. The van der Waals surface area contributed by atoms with Gasteiger partial charge in [-0.15, -0.1) is 0 Å². The topological polar surface area (TPSA) is 58.4 Å². The fourth-order valence-electron chi connectivity index (χ4n) is 2.70. The first-order chi connectivity index (χ1) is 10.8. The van der Waals surface area contributed by atoms with Gasteiger partial charge in [0.2, 0.25) is 5.82 Å². The van der Waals surface area contributed by atoms with E-state index in [1.807, 2.05) is 0 Å². The van der Waals surface area contributed by atoms with Crippen LogP contribution in [0.5, 0.6) is 0 Å². The van der Waals surface area contributed by atoms with Crippen molar-refractivity contribution in [2.75, 3.05) is 31.5 Å². The number of piperidine rings is 1. The van der Waals surface area contributed by atoms with Crippen LogP contribution in [-0.4, -0.2) is 42.2 Å². The molecule has 0 radical (unpaired) electrons. The summed E-state index contributed by atoms with van der Waals surface area (Å²) in [6, 6.07) is 3.80. The summed E-state index contributed by atoms with van der Waals surface area (Å²) < 4.78 is 50.4. The van der Waals surface area contributed by atoms with Gasteiger partial charge in [0, 0.05) is 6.54 Å². The first kappa shape index (κ1) is 17.5. The number of halogens is 4. The minimum absolute atomic E-state index is 0.0905. The summed E-state index contributed by atoms with van der Waals surface area (Å²) in [7, 11) is 0. The lowest BCUT2D eigenvalue weighted by molar-refractivity contribution is -0.386. The second-order valence-corrected chi connectivity index (χ2v) is 5.61. The molecule has 0 bridgehead atoms. The van der Waals surface area contributed by atoms with Crippen molar-refractivity contribution in [2.45, 2.75) is 19.0 Å². The number of hydrogen-bond acceptors (Lipinski definition) is 4. The third kappa shape index (κ3) is 5.05. The Morgan fingerprint density at radius 1 is 1.30 bits per heavy atom. The zero-order chi connectivity index (χ0) is 17.0. The first-order valence-corrected chi connectivity index (χ1v) is 7.22. The number of likely N-dealkylation sites (tertiary alicyclic amines) is 1. The van der Waals surface area contributed by atoms with Gasteiger partial charge in [-0.05, 0) is 44.0 Å². The molecule has 0 saturated carbocycles. The van der Waals surface area contributed by atoms with Crippen molar-refractivity contribution in [3.63, 3.8) is 0 Å². The Bertz CT molecular complexity index is 557. The quantitative estimate of drug-likeness (QED) is 0.509. The van der Waals surface area contributed by atoms with E-state index < -0.39 is 29.1 Å². The van der Waals surface area contributed by atoms with E-state index in [1.165, 1.54) is 17.0 Å². The molecule has 0 spiro atoms. The number of nitrogens with zero attached hydrogens (tertiary/aromatic N) is 2. The Morgan fingerprint density at radius 3 is 2.52 bits per heavy atom. The molecule has 2 rings (SSSR count). The summed E-state index contributed by atoms with van der Waals surface area (Å²) in [5.74, 6) is -0.817. The monoisotopic (exact) mass is 335 g/mol. The SMILES string of the molecule is O=[N+]([O-])c1c(F)cccc1NCC1CCN(CC(F)(F)F)CC1. The average molecular weight is 335 g/mol. The van der Waals surface area contributed by atoms with Crippen LogP contribution in [0.3, 0.4) is 0 Å². The fourth-order valence-corrected chi connectivity index (χ4v) is 2.70. The van der Waals surface area contributed by atoms with Crippen molar-refractivity contribution >= 4 is 11.4 Å². The molecule has 9 heteroatoms. The minimum Gasteiger partial charge on any atom is -0.379 e. The lowest BCUT2D eigenvalue weighted by Gasteiger charge is -2.32. The molecule has 1 N–H and O–H groups in total. The Morgan fingerprint density at radius 2 is 1.96 bits per heavy atom. The Labute approximate surface area is 130 Å². The second-order valence-electron chi connectivity index (χ2n) is 5.61. The van der Waals surface area contributed by atoms with E-state index in [-0.39, 0.29) is 11.6 Å². The van der Waals surface area contributed by atoms with Gasteiger partial charge in [0.15, 0.2) is 0 Å². The van der Waals surface area contributed by atoms with Gasteiger partial charge in [0.1, 0.15) is 5.69 Å². The van der Waals surface area contributed by atoms with Gasteiger partial charge in [-0.25, -0.2) is 0 Å². The number of nitrogens with one attached hydrogen (secondary N) is 1. The Hall–Kier alpha value is -1.90. The Kier molecular flexibility index (Phi) is 5.40. The highest BCUT2D eigenvalue weighted by molar-refractivity contribution is 5.61. The fraction of sp³-hybridized carbons (Fsp3) is 0.571. The summed E-state index contributed by atoms with van der Waals surface area (Å²) in [6.45, 7) is 0.112. The van der Waals surface area contributed by atoms with Crippen LogP contribution in [0.4, 0.5) is 28.9 Å². The summed E-state index contributed by atoms with van der Waals surface area (Å²) in [5.41, 5.74) is -0.519. The van der Waals surface area contributed by atoms with E-state index in [9.17, 15) is 27.7 Å². The van der Waals surface area contributed by atoms with Gasteiger partial charge in [0.05, 0.1) is 11.5 Å². The zero-order valence-electron chi connectivity index (χ0n) is 12.3. The lowest BCUT2D eigenvalue weighted by atomic mass is 9.96. The van der Waals surface area contributed by atoms with Crippen LogP contribution in [0.2, 0.25) is 0 Å². The van der Waals surface area contributed by atoms with E-state index in [0.29, 0.717) is 32.5 Å². The number of nitro groups is 1. The molecule has 23 heavy (non-hydrogen) atoms. The molecule has 1 fully saturated rings. The van der Waals surface area contributed by atoms with E-state index in [4.69, 9.17) is 0 Å². The largest absolute Gasteiger partial charge is 0.401 e. The predicted molar refractivity (Wildman–Crippen MR) is 76.8 cm³/mol. The maximum absolute atomic E-state index is 13.5. The van der Waals surface area contributed by atoms with Crippen LogP contribution < -0.4 is 5.32 Å². The standard InChI is InChI=1S/C14H17F4N3O2/c15-11-2-1-3-12(13(11)21(22)23)19-8-10-4-6-20(7-5-10)9-14(16,17)18/h1-3,10,19H,4-9H2. The highest BCUT2D eigenvalue weighted by Gasteiger charge is 2.32. The van der Waals surface area contributed by atoms with E-state index >= 15 is 0 Å². The van der Waals surface area contributed by atoms with Crippen molar-refractivity contribution in [3.05, 3.63) is 34.1 Å². The molecule has 0 aromatic heterocycles. The van der Waals surface area contributed by atoms with Crippen molar-refractivity contribution < 1.29 is 22.5 Å². The van der Waals surface area contributed by atoms with Crippen molar-refractivity contribution in [2.24, 2.45) is 5.92 Å². The molecule has 1 saturated heterocycles. The van der Waals surface area contributed by atoms with Gasteiger partial charge in [0.25, 0.3) is 0 Å². The maximum Gasteiger partial charge on any atom is 0.401 e. The molecule has 1 aromatic carbocycles. The van der Waals surface area contributed by atoms with E-state index in [2.05, 4.69) is 5.32 Å². The summed E-state index contributed by atoms with van der Waals surface area (Å²) in [4.78, 5) is 11.4. The third-order valence-corrected chi connectivity index (χ3v) is 3.86. The zero-order valence-corrected chi connectivity index (χ0v) is 12.3. The molecular formula is C14H17F4N3O2. The van der Waals surface area contributed by atoms with Crippen molar-refractivity contribution in [1.29, 1.82) is 0 Å². The van der Waals surface area contributed by atoms with Gasteiger partial charge >= 0.3 is 11.9 Å². The normalized spacial score (nSPS) is 17.2. The molecule has 1 heterocycles. The second kappa shape index (κ2) is 7.12. The molecule has 1 aliphatic heterocycles. The maximum atomic E-state index is 13.5. The summed E-state index contributed by atoms with van der Waals surface area (Å²) in [6.07, 6.45) is -3.08. The van der Waals surface area contributed by atoms with Crippen LogP contribution in [0.25, 0.3) is 0 Å².